The van der Waals surface area contributed by atoms with Gasteiger partial charge in [0.2, 0.25) is 15.9 Å². The minimum Gasteiger partial charge on any atom is -0.493 e. The highest BCUT2D eigenvalue weighted by Crippen LogP contribution is 2.30. The molecule has 0 saturated heterocycles. The number of benzene rings is 2. The molecule has 34 heavy (non-hydrogen) atoms. The first-order valence-corrected chi connectivity index (χ1v) is 12.6. The molecule has 10 heteroatoms. The van der Waals surface area contributed by atoms with Crippen LogP contribution >= 0.6 is 0 Å². The van der Waals surface area contributed by atoms with E-state index in [9.17, 15) is 13.2 Å². The zero-order chi connectivity index (χ0) is 24.9. The number of sulfonamides is 1. The van der Waals surface area contributed by atoms with Gasteiger partial charge >= 0.3 is 0 Å². The Morgan fingerprint density at radius 1 is 1.12 bits per heavy atom. The van der Waals surface area contributed by atoms with E-state index < -0.39 is 10.0 Å². The summed E-state index contributed by atoms with van der Waals surface area (Å²) < 4.78 is 39.7. The molecule has 0 aliphatic heterocycles. The number of imidazole rings is 1. The number of carbonyl (C=O) groups is 1. The molecule has 0 unspecified atom stereocenters. The van der Waals surface area contributed by atoms with Gasteiger partial charge in [0.1, 0.15) is 5.82 Å². The predicted octanol–water partition coefficient (Wildman–Crippen LogP) is 2.87. The molecule has 3 rings (SSSR count). The average molecular weight is 489 g/mol. The van der Waals surface area contributed by atoms with Crippen molar-refractivity contribution < 1.29 is 22.7 Å². The van der Waals surface area contributed by atoms with Gasteiger partial charge in [-0.15, -0.1) is 0 Å². The van der Waals surface area contributed by atoms with Gasteiger partial charge in [-0.25, -0.2) is 13.4 Å². The number of carbonyl (C=O) groups excluding carboxylic acids is 1. The molecular weight excluding hydrogens is 456 g/mol. The van der Waals surface area contributed by atoms with Crippen LogP contribution in [0.25, 0.3) is 11.0 Å². The lowest BCUT2D eigenvalue weighted by atomic mass is 10.1. The molecule has 0 fully saturated rings. The summed E-state index contributed by atoms with van der Waals surface area (Å²) in [6.45, 7) is 4.75. The molecule has 1 amide bonds. The largest absolute Gasteiger partial charge is 0.493 e. The van der Waals surface area contributed by atoms with Gasteiger partial charge in [-0.3, -0.25) is 4.79 Å². The molecular formula is C24H32N4O5S. The summed E-state index contributed by atoms with van der Waals surface area (Å²) in [7, 11) is 1.43. The monoisotopic (exact) mass is 488 g/mol. The van der Waals surface area contributed by atoms with Crippen molar-refractivity contribution in [2.75, 3.05) is 27.3 Å². The number of ether oxygens (including phenoxy) is 2. The van der Waals surface area contributed by atoms with Crippen molar-refractivity contribution in [1.82, 2.24) is 19.2 Å². The average Bonchev–Trinajstić information content (AvgIpc) is 3.16. The molecule has 0 saturated carbocycles. The minimum absolute atomic E-state index is 0.123. The molecule has 1 aromatic heterocycles. The molecule has 1 N–H and O–H groups in total. The van der Waals surface area contributed by atoms with Crippen LogP contribution in [-0.2, 0) is 34.8 Å². The van der Waals surface area contributed by atoms with Gasteiger partial charge in [0.15, 0.2) is 11.5 Å². The maximum absolute atomic E-state index is 12.8. The quantitative estimate of drug-likeness (QED) is 0.445. The summed E-state index contributed by atoms with van der Waals surface area (Å²) in [6, 6.07) is 10.5. The highest BCUT2D eigenvalue weighted by atomic mass is 32.2. The summed E-state index contributed by atoms with van der Waals surface area (Å²) >= 11 is 0. The Morgan fingerprint density at radius 2 is 1.85 bits per heavy atom. The Balaban J connectivity index is 1.70. The third-order valence-corrected chi connectivity index (χ3v) is 7.87. The highest BCUT2D eigenvalue weighted by Gasteiger charge is 2.23. The first kappa shape index (κ1) is 25.5. The minimum atomic E-state index is -3.57. The second-order valence-electron chi connectivity index (χ2n) is 7.76. The van der Waals surface area contributed by atoms with Crippen LogP contribution in [0.4, 0.5) is 0 Å². The number of hydrogen-bond acceptors (Lipinski definition) is 6. The fourth-order valence-electron chi connectivity index (χ4n) is 3.93. The summed E-state index contributed by atoms with van der Waals surface area (Å²) in [5.74, 6) is 1.79. The summed E-state index contributed by atoms with van der Waals surface area (Å²) in [4.78, 5) is 17.3. The van der Waals surface area contributed by atoms with E-state index in [0.29, 0.717) is 48.9 Å². The van der Waals surface area contributed by atoms with Crippen LogP contribution < -0.4 is 14.8 Å². The zero-order valence-corrected chi connectivity index (χ0v) is 21.1. The Labute approximate surface area is 200 Å². The summed E-state index contributed by atoms with van der Waals surface area (Å²) in [6.07, 6.45) is 0.665. The Morgan fingerprint density at radius 3 is 2.50 bits per heavy atom. The Bertz CT molecular complexity index is 1270. The molecule has 1 heterocycles. The number of para-hydroxylation sites is 1. The fraction of sp³-hybridized carbons (Fsp3) is 0.417. The molecule has 2 aromatic carbocycles. The van der Waals surface area contributed by atoms with Crippen molar-refractivity contribution in [3.63, 3.8) is 0 Å². The van der Waals surface area contributed by atoms with Crippen molar-refractivity contribution in [2.45, 2.75) is 38.1 Å². The maximum atomic E-state index is 12.8. The van der Waals surface area contributed by atoms with Gasteiger partial charge in [-0.05, 0) is 24.3 Å². The highest BCUT2D eigenvalue weighted by molar-refractivity contribution is 7.89. The van der Waals surface area contributed by atoms with E-state index in [-0.39, 0.29) is 17.2 Å². The number of hydrogen-bond donors (Lipinski definition) is 1. The van der Waals surface area contributed by atoms with Gasteiger partial charge in [0, 0.05) is 45.1 Å². The van der Waals surface area contributed by atoms with Gasteiger partial charge in [0.25, 0.3) is 0 Å². The lowest BCUT2D eigenvalue weighted by Gasteiger charge is -2.18. The third-order valence-electron chi connectivity index (χ3n) is 5.82. The molecule has 0 atom stereocenters. The normalized spacial score (nSPS) is 11.7. The molecule has 0 spiro atoms. The number of fused-ring (bicyclic) bond motifs is 1. The van der Waals surface area contributed by atoms with Crippen LogP contribution in [0, 0.1) is 0 Å². The van der Waals surface area contributed by atoms with Crippen molar-refractivity contribution >= 4 is 27.0 Å². The molecule has 3 aromatic rings. The standard InChI is InChI=1S/C24H32N4O5S/c1-6-28(7-2)34(30,31)18-11-12-20-19(15-18)26-22(27(20)3)13-14-23(29)25-16-17-9-8-10-21(32-4)24(17)33-5/h8-12,15H,6-7,13-14,16H2,1-5H3,(H,25,29). The number of aromatic nitrogens is 2. The molecule has 9 nitrogen and oxygen atoms in total. The van der Waals surface area contributed by atoms with Crippen LogP contribution in [0.15, 0.2) is 41.3 Å². The van der Waals surface area contributed by atoms with Gasteiger partial charge in [-0.1, -0.05) is 26.0 Å². The number of rotatable bonds is 11. The lowest BCUT2D eigenvalue weighted by molar-refractivity contribution is -0.121. The van der Waals surface area contributed by atoms with Crippen LogP contribution in [0.1, 0.15) is 31.7 Å². The first-order valence-electron chi connectivity index (χ1n) is 11.2. The van der Waals surface area contributed by atoms with E-state index in [1.165, 1.54) is 4.31 Å². The SMILES string of the molecule is CCN(CC)S(=O)(=O)c1ccc2c(c1)nc(CCC(=O)NCc1cccc(OC)c1OC)n2C. The van der Waals surface area contributed by atoms with E-state index in [1.54, 1.807) is 38.5 Å². The van der Waals surface area contributed by atoms with Crippen LogP contribution in [-0.4, -0.2) is 55.5 Å². The van der Waals surface area contributed by atoms with Gasteiger partial charge in [-0.2, -0.15) is 4.31 Å². The molecule has 0 aliphatic rings. The fourth-order valence-corrected chi connectivity index (χ4v) is 5.41. The van der Waals surface area contributed by atoms with Crippen molar-refractivity contribution in [2.24, 2.45) is 7.05 Å². The second-order valence-corrected chi connectivity index (χ2v) is 9.69. The van der Waals surface area contributed by atoms with E-state index in [2.05, 4.69) is 10.3 Å². The van der Waals surface area contributed by atoms with Crippen LogP contribution in [0.3, 0.4) is 0 Å². The second kappa shape index (κ2) is 10.9. The van der Waals surface area contributed by atoms with Crippen molar-refractivity contribution in [1.29, 1.82) is 0 Å². The smallest absolute Gasteiger partial charge is 0.243 e. The molecule has 0 radical (unpaired) electrons. The van der Waals surface area contributed by atoms with E-state index in [0.717, 1.165) is 11.1 Å². The number of nitrogens with one attached hydrogen (secondary N) is 1. The van der Waals surface area contributed by atoms with E-state index in [4.69, 9.17) is 9.47 Å². The lowest BCUT2D eigenvalue weighted by Crippen LogP contribution is -2.30. The molecule has 0 bridgehead atoms. The molecule has 184 valence electrons. The molecule has 0 aliphatic carbocycles. The van der Waals surface area contributed by atoms with Crippen molar-refractivity contribution in [3.05, 3.63) is 47.8 Å². The van der Waals surface area contributed by atoms with E-state index in [1.807, 2.05) is 37.6 Å². The first-order chi connectivity index (χ1) is 16.3. The number of nitrogens with zero attached hydrogens (tertiary/aromatic N) is 3. The topological polar surface area (TPSA) is 103 Å². The maximum Gasteiger partial charge on any atom is 0.243 e. The van der Waals surface area contributed by atoms with Crippen molar-refractivity contribution in [3.8, 4) is 11.5 Å². The third kappa shape index (κ3) is 5.18. The number of amides is 1. The number of methoxy groups -OCH3 is 2. The summed E-state index contributed by atoms with van der Waals surface area (Å²) in [5, 5.41) is 2.91. The van der Waals surface area contributed by atoms with Crippen LogP contribution in [0.5, 0.6) is 11.5 Å². The summed E-state index contributed by atoms with van der Waals surface area (Å²) in [5.41, 5.74) is 2.22. The van der Waals surface area contributed by atoms with E-state index >= 15 is 0 Å². The Hall–Kier alpha value is -3.11. The van der Waals surface area contributed by atoms with Gasteiger partial charge < -0.3 is 19.4 Å². The van der Waals surface area contributed by atoms with Crippen LogP contribution in [0.2, 0.25) is 0 Å². The van der Waals surface area contributed by atoms with Gasteiger partial charge in [0.05, 0.1) is 30.1 Å². The zero-order valence-electron chi connectivity index (χ0n) is 20.3. The number of aryl methyl sites for hydroxylation is 2. The predicted molar refractivity (Wildman–Crippen MR) is 131 cm³/mol. The Kier molecular flexibility index (Phi) is 8.16.